The zero-order chi connectivity index (χ0) is 10.3. The van der Waals surface area contributed by atoms with Crippen LogP contribution in [-0.2, 0) is 0 Å². The second-order valence-corrected chi connectivity index (χ2v) is 5.48. The van der Waals surface area contributed by atoms with E-state index in [4.69, 9.17) is 0 Å². The van der Waals surface area contributed by atoms with E-state index in [0.29, 0.717) is 12.1 Å². The van der Waals surface area contributed by atoms with E-state index < -0.39 is 0 Å². The number of rotatable bonds is 1. The molecule has 3 fully saturated rings. The van der Waals surface area contributed by atoms with Gasteiger partial charge in [0.25, 0.3) is 0 Å². The van der Waals surface area contributed by atoms with Crippen molar-refractivity contribution in [3.8, 4) is 0 Å². The maximum absolute atomic E-state index is 9.92. The van der Waals surface area contributed by atoms with Crippen LogP contribution in [0.1, 0.15) is 32.1 Å². The lowest BCUT2D eigenvalue weighted by Gasteiger charge is -2.26. The van der Waals surface area contributed by atoms with Crippen molar-refractivity contribution in [2.45, 2.75) is 50.3 Å². The Morgan fingerprint density at radius 3 is 2.73 bits per heavy atom. The van der Waals surface area contributed by atoms with Gasteiger partial charge < -0.3 is 10.4 Å². The molecule has 0 bridgehead atoms. The predicted molar refractivity (Wildman–Crippen MR) is 59.7 cm³/mol. The molecule has 0 spiro atoms. The molecule has 3 aliphatic rings. The van der Waals surface area contributed by atoms with Gasteiger partial charge in [-0.2, -0.15) is 0 Å². The molecule has 0 amide bonds. The zero-order valence-electron chi connectivity index (χ0n) is 9.36. The smallest absolute Gasteiger partial charge is 0.0695 e. The summed E-state index contributed by atoms with van der Waals surface area (Å²) < 4.78 is 0. The van der Waals surface area contributed by atoms with Gasteiger partial charge in [-0.25, -0.2) is 0 Å². The molecule has 3 nitrogen and oxygen atoms in total. The van der Waals surface area contributed by atoms with E-state index in [1.165, 1.54) is 45.3 Å². The maximum Gasteiger partial charge on any atom is 0.0695 e. The number of nitrogens with zero attached hydrogens (tertiary/aromatic N) is 1. The minimum atomic E-state index is -0.0508. The number of fused-ring (bicyclic) bond motifs is 1. The lowest BCUT2D eigenvalue weighted by Crippen LogP contribution is -2.42. The molecule has 2 heterocycles. The van der Waals surface area contributed by atoms with Crippen molar-refractivity contribution in [3.63, 3.8) is 0 Å². The highest BCUT2D eigenvalue weighted by atomic mass is 16.3. The monoisotopic (exact) mass is 210 g/mol. The van der Waals surface area contributed by atoms with Crippen LogP contribution in [0.5, 0.6) is 0 Å². The molecule has 1 saturated carbocycles. The van der Waals surface area contributed by atoms with Gasteiger partial charge in [0.15, 0.2) is 0 Å². The zero-order valence-corrected chi connectivity index (χ0v) is 9.36. The fraction of sp³-hybridized carbons (Fsp3) is 1.00. The van der Waals surface area contributed by atoms with E-state index in [0.717, 1.165) is 12.3 Å². The van der Waals surface area contributed by atoms with Gasteiger partial charge in [0.05, 0.1) is 6.10 Å². The maximum atomic E-state index is 9.92. The van der Waals surface area contributed by atoms with Crippen molar-refractivity contribution in [2.24, 2.45) is 5.92 Å². The van der Waals surface area contributed by atoms with Gasteiger partial charge in [0.1, 0.15) is 0 Å². The first kappa shape index (κ1) is 10.1. The molecule has 1 aliphatic carbocycles. The highest BCUT2D eigenvalue weighted by molar-refractivity contribution is 4.97. The van der Waals surface area contributed by atoms with E-state index in [-0.39, 0.29) is 6.10 Å². The van der Waals surface area contributed by atoms with Crippen LogP contribution >= 0.6 is 0 Å². The third-order valence-electron chi connectivity index (χ3n) is 4.54. The van der Waals surface area contributed by atoms with Crippen molar-refractivity contribution in [1.29, 1.82) is 0 Å². The first-order valence-electron chi connectivity index (χ1n) is 6.50. The summed E-state index contributed by atoms with van der Waals surface area (Å²) in [6, 6.07) is 1.18. The molecule has 3 heteroatoms. The van der Waals surface area contributed by atoms with Crippen LogP contribution in [0.2, 0.25) is 0 Å². The Labute approximate surface area is 91.8 Å². The molecule has 2 aliphatic heterocycles. The minimum absolute atomic E-state index is 0.0508. The first-order valence-corrected chi connectivity index (χ1v) is 6.50. The largest absolute Gasteiger partial charge is 0.391 e. The van der Waals surface area contributed by atoms with E-state index in [9.17, 15) is 5.11 Å². The molecule has 0 aromatic carbocycles. The molecule has 0 aromatic rings. The molecule has 86 valence electrons. The fourth-order valence-electron chi connectivity index (χ4n) is 3.70. The summed E-state index contributed by atoms with van der Waals surface area (Å²) >= 11 is 0. The number of hydrogen-bond donors (Lipinski definition) is 2. The van der Waals surface area contributed by atoms with Crippen molar-refractivity contribution in [3.05, 3.63) is 0 Å². The molecule has 0 radical (unpaired) electrons. The van der Waals surface area contributed by atoms with Crippen molar-refractivity contribution in [1.82, 2.24) is 10.2 Å². The highest BCUT2D eigenvalue weighted by Gasteiger charge is 2.40. The average Bonchev–Trinajstić information content (AvgIpc) is 2.82. The molecule has 3 rings (SSSR count). The molecule has 2 N–H and O–H groups in total. The lowest BCUT2D eigenvalue weighted by atomic mass is 9.94. The van der Waals surface area contributed by atoms with Crippen molar-refractivity contribution in [2.75, 3.05) is 19.6 Å². The molecular formula is C12H22N2O. The van der Waals surface area contributed by atoms with Crippen LogP contribution in [0.3, 0.4) is 0 Å². The Morgan fingerprint density at radius 1 is 1.07 bits per heavy atom. The van der Waals surface area contributed by atoms with Crippen LogP contribution in [-0.4, -0.2) is 47.8 Å². The van der Waals surface area contributed by atoms with E-state index in [1.807, 2.05) is 0 Å². The second kappa shape index (κ2) is 4.04. The van der Waals surface area contributed by atoms with Gasteiger partial charge in [-0.05, 0) is 44.6 Å². The molecule has 0 aromatic heterocycles. The Hall–Kier alpha value is -0.120. The van der Waals surface area contributed by atoms with Crippen LogP contribution in [0.4, 0.5) is 0 Å². The topological polar surface area (TPSA) is 35.5 Å². The van der Waals surface area contributed by atoms with Crippen LogP contribution in [0, 0.1) is 5.92 Å². The Kier molecular flexibility index (Phi) is 2.71. The molecule has 2 saturated heterocycles. The molecule has 4 atom stereocenters. The second-order valence-electron chi connectivity index (χ2n) is 5.48. The Balaban J connectivity index is 1.64. The summed E-state index contributed by atoms with van der Waals surface area (Å²) in [7, 11) is 0. The van der Waals surface area contributed by atoms with E-state index >= 15 is 0 Å². The number of nitrogens with one attached hydrogen (secondary N) is 1. The third kappa shape index (κ3) is 1.81. The number of piperidine rings is 1. The van der Waals surface area contributed by atoms with Crippen molar-refractivity contribution >= 4 is 0 Å². The SMILES string of the molecule is OC1CCCC1N1C[C@@H]2CCCN[C@@H]2C1. The highest BCUT2D eigenvalue weighted by Crippen LogP contribution is 2.31. The van der Waals surface area contributed by atoms with Crippen LogP contribution < -0.4 is 5.32 Å². The van der Waals surface area contributed by atoms with Crippen LogP contribution in [0.15, 0.2) is 0 Å². The predicted octanol–water partition coefficient (Wildman–Crippen LogP) is 0.584. The number of hydrogen-bond acceptors (Lipinski definition) is 3. The van der Waals surface area contributed by atoms with Gasteiger partial charge in [0.2, 0.25) is 0 Å². The van der Waals surface area contributed by atoms with Gasteiger partial charge >= 0.3 is 0 Å². The van der Waals surface area contributed by atoms with Gasteiger partial charge in [-0.3, -0.25) is 4.90 Å². The normalized spacial score (nSPS) is 47.0. The first-order chi connectivity index (χ1) is 7.34. The lowest BCUT2D eigenvalue weighted by molar-refractivity contribution is 0.0825. The summed E-state index contributed by atoms with van der Waals surface area (Å²) in [6.07, 6.45) is 6.11. The third-order valence-corrected chi connectivity index (χ3v) is 4.54. The Morgan fingerprint density at radius 2 is 2.00 bits per heavy atom. The molecular weight excluding hydrogens is 188 g/mol. The summed E-state index contributed by atoms with van der Waals surface area (Å²) in [4.78, 5) is 2.55. The summed E-state index contributed by atoms with van der Waals surface area (Å²) in [5, 5.41) is 13.5. The summed E-state index contributed by atoms with van der Waals surface area (Å²) in [6.45, 7) is 3.59. The standard InChI is InChI=1S/C12H22N2O/c15-12-5-1-4-11(12)14-7-9-3-2-6-13-10(9)8-14/h9-13,15H,1-8H2/t9-,10+,11?,12?/m0/s1. The van der Waals surface area contributed by atoms with Crippen LogP contribution in [0.25, 0.3) is 0 Å². The average molecular weight is 210 g/mol. The van der Waals surface area contributed by atoms with Gasteiger partial charge in [-0.15, -0.1) is 0 Å². The number of likely N-dealkylation sites (tertiary alicyclic amines) is 1. The summed E-state index contributed by atoms with van der Waals surface area (Å²) in [5.41, 5.74) is 0. The quantitative estimate of drug-likeness (QED) is 0.665. The minimum Gasteiger partial charge on any atom is -0.391 e. The molecule has 2 unspecified atom stereocenters. The fourth-order valence-corrected chi connectivity index (χ4v) is 3.70. The van der Waals surface area contributed by atoms with Gasteiger partial charge in [0, 0.05) is 25.2 Å². The van der Waals surface area contributed by atoms with E-state index in [2.05, 4.69) is 10.2 Å². The van der Waals surface area contributed by atoms with Gasteiger partial charge in [-0.1, -0.05) is 0 Å². The summed E-state index contributed by atoms with van der Waals surface area (Å²) in [5.74, 6) is 0.853. The number of aliphatic hydroxyl groups is 1. The Bertz CT molecular complexity index is 220. The molecule has 15 heavy (non-hydrogen) atoms. The van der Waals surface area contributed by atoms with E-state index in [1.54, 1.807) is 0 Å². The number of aliphatic hydroxyl groups excluding tert-OH is 1. The van der Waals surface area contributed by atoms with Crippen molar-refractivity contribution < 1.29 is 5.11 Å².